The first-order valence-corrected chi connectivity index (χ1v) is 10.1. The van der Waals surface area contributed by atoms with Gasteiger partial charge in [-0.05, 0) is 64.2 Å². The Labute approximate surface area is 180 Å². The first-order chi connectivity index (χ1) is 12.5. The Morgan fingerprint density at radius 3 is 2.56 bits per heavy atom. The quantitative estimate of drug-likeness (QED) is 0.363. The maximum absolute atomic E-state index is 13.6. The summed E-state index contributed by atoms with van der Waals surface area (Å²) in [5, 5.41) is 7.00. The van der Waals surface area contributed by atoms with Gasteiger partial charge >= 0.3 is 0 Å². The van der Waals surface area contributed by atoms with Crippen molar-refractivity contribution in [1.82, 2.24) is 15.5 Å². The van der Waals surface area contributed by atoms with Crippen LogP contribution in [0.15, 0.2) is 29.3 Å². The highest BCUT2D eigenvalue weighted by Crippen LogP contribution is 2.48. The smallest absolute Gasteiger partial charge is 0.191 e. The zero-order valence-electron chi connectivity index (χ0n) is 16.8. The molecule has 1 saturated carbocycles. The second kappa shape index (κ2) is 10.0. The highest BCUT2D eigenvalue weighted by Gasteiger charge is 2.44. The zero-order valence-corrected chi connectivity index (χ0v) is 19.1. The second-order valence-electron chi connectivity index (χ2n) is 8.03. The number of rotatable bonds is 6. The lowest BCUT2D eigenvalue weighted by atomic mass is 9.96. The van der Waals surface area contributed by atoms with E-state index in [9.17, 15) is 4.39 Å². The van der Waals surface area contributed by atoms with Crippen LogP contribution in [0.25, 0.3) is 0 Å². The van der Waals surface area contributed by atoms with Gasteiger partial charge in [-0.2, -0.15) is 0 Å². The van der Waals surface area contributed by atoms with E-state index in [2.05, 4.69) is 36.3 Å². The third-order valence-electron chi connectivity index (χ3n) is 5.78. The van der Waals surface area contributed by atoms with Gasteiger partial charge in [0, 0.05) is 37.1 Å². The molecule has 0 unspecified atom stereocenters. The Kier molecular flexibility index (Phi) is 8.34. The summed E-state index contributed by atoms with van der Waals surface area (Å²) in [7, 11) is 0. The molecule has 0 aromatic heterocycles. The molecule has 1 aromatic rings. The van der Waals surface area contributed by atoms with Crippen molar-refractivity contribution in [1.29, 1.82) is 0 Å². The van der Waals surface area contributed by atoms with Crippen molar-refractivity contribution < 1.29 is 4.39 Å². The summed E-state index contributed by atoms with van der Waals surface area (Å²) in [6, 6.07) is 8.13. The fourth-order valence-corrected chi connectivity index (χ4v) is 3.81. The SMILES string of the molecule is CCNC(=NCC1(c2cccc(F)c2)CC1)NC1CCN(C(C)C)CC1.I. The summed E-state index contributed by atoms with van der Waals surface area (Å²) >= 11 is 0. The number of nitrogens with zero attached hydrogens (tertiary/aromatic N) is 2. The molecule has 0 amide bonds. The van der Waals surface area contributed by atoms with Crippen LogP contribution in [-0.2, 0) is 5.41 Å². The van der Waals surface area contributed by atoms with E-state index < -0.39 is 0 Å². The minimum Gasteiger partial charge on any atom is -0.357 e. The Morgan fingerprint density at radius 1 is 1.30 bits per heavy atom. The highest BCUT2D eigenvalue weighted by molar-refractivity contribution is 14.0. The van der Waals surface area contributed by atoms with Crippen LogP contribution >= 0.6 is 24.0 Å². The Balaban J connectivity index is 0.00000261. The maximum atomic E-state index is 13.6. The van der Waals surface area contributed by atoms with Gasteiger partial charge in [0.1, 0.15) is 5.82 Å². The molecule has 1 aliphatic carbocycles. The van der Waals surface area contributed by atoms with Crippen molar-refractivity contribution in [3.05, 3.63) is 35.6 Å². The molecule has 1 heterocycles. The van der Waals surface area contributed by atoms with E-state index in [-0.39, 0.29) is 35.2 Å². The number of guanidine groups is 1. The lowest BCUT2D eigenvalue weighted by Gasteiger charge is -2.35. The van der Waals surface area contributed by atoms with Crippen molar-refractivity contribution in [2.75, 3.05) is 26.2 Å². The number of benzene rings is 1. The second-order valence-corrected chi connectivity index (χ2v) is 8.03. The van der Waals surface area contributed by atoms with Gasteiger partial charge in [-0.15, -0.1) is 24.0 Å². The van der Waals surface area contributed by atoms with Crippen molar-refractivity contribution >= 4 is 29.9 Å². The molecule has 0 spiro atoms. The van der Waals surface area contributed by atoms with Crippen molar-refractivity contribution in [2.45, 2.75) is 64.0 Å². The fraction of sp³-hybridized carbons (Fsp3) is 0.667. The van der Waals surface area contributed by atoms with Gasteiger partial charge < -0.3 is 15.5 Å². The molecule has 2 fully saturated rings. The van der Waals surface area contributed by atoms with Crippen molar-refractivity contribution in [2.24, 2.45) is 4.99 Å². The number of nitrogens with one attached hydrogen (secondary N) is 2. The molecule has 2 aliphatic rings. The number of halogens is 2. The number of likely N-dealkylation sites (tertiary alicyclic amines) is 1. The zero-order chi connectivity index (χ0) is 18.6. The van der Waals surface area contributed by atoms with Crippen molar-refractivity contribution in [3.8, 4) is 0 Å². The number of aliphatic imine (C=N–C) groups is 1. The summed E-state index contributed by atoms with van der Waals surface area (Å²) in [6.07, 6.45) is 4.48. The third-order valence-corrected chi connectivity index (χ3v) is 5.78. The summed E-state index contributed by atoms with van der Waals surface area (Å²) in [6.45, 7) is 10.5. The van der Waals surface area contributed by atoms with E-state index >= 15 is 0 Å². The summed E-state index contributed by atoms with van der Waals surface area (Å²) in [5.41, 5.74) is 1.12. The minimum atomic E-state index is -0.153. The first-order valence-electron chi connectivity index (χ1n) is 10.1. The lowest BCUT2D eigenvalue weighted by Crippen LogP contribution is -2.50. The fourth-order valence-electron chi connectivity index (χ4n) is 3.81. The number of piperidine rings is 1. The van der Waals surface area contributed by atoms with Crippen LogP contribution in [-0.4, -0.2) is 49.1 Å². The van der Waals surface area contributed by atoms with Crippen molar-refractivity contribution in [3.63, 3.8) is 0 Å². The van der Waals surface area contributed by atoms with Crippen LogP contribution in [0.1, 0.15) is 52.0 Å². The van der Waals surface area contributed by atoms with Crippen LogP contribution in [0.5, 0.6) is 0 Å². The Hall–Kier alpha value is -0.890. The molecular formula is C21H34FIN4. The van der Waals surface area contributed by atoms with E-state index in [0.717, 1.165) is 63.4 Å². The van der Waals surface area contributed by atoms with Crippen LogP contribution in [0, 0.1) is 5.82 Å². The summed E-state index contributed by atoms with van der Waals surface area (Å²) < 4.78 is 13.6. The van der Waals surface area contributed by atoms with Gasteiger partial charge in [-0.1, -0.05) is 12.1 Å². The highest BCUT2D eigenvalue weighted by atomic mass is 127. The molecule has 3 rings (SSSR count). The summed E-state index contributed by atoms with van der Waals surface area (Å²) in [5.74, 6) is 0.748. The molecule has 2 N–H and O–H groups in total. The molecule has 0 radical (unpaired) electrons. The van der Waals surface area contributed by atoms with E-state index in [4.69, 9.17) is 4.99 Å². The molecule has 6 heteroatoms. The molecular weight excluding hydrogens is 454 g/mol. The molecule has 152 valence electrons. The molecule has 1 saturated heterocycles. The van der Waals surface area contributed by atoms with Gasteiger partial charge in [-0.25, -0.2) is 4.39 Å². The summed E-state index contributed by atoms with van der Waals surface area (Å²) in [4.78, 5) is 7.39. The predicted octanol–water partition coefficient (Wildman–Crippen LogP) is 3.90. The van der Waals surface area contributed by atoms with Gasteiger partial charge in [0.05, 0.1) is 6.54 Å². The van der Waals surface area contributed by atoms with Crippen LogP contribution in [0.2, 0.25) is 0 Å². The molecule has 0 atom stereocenters. The standard InChI is InChI=1S/C21H33FN4.HI/c1-4-23-20(25-19-8-12-26(13-9-19)16(2)3)24-15-21(10-11-21)17-6-5-7-18(22)14-17;/h5-7,14,16,19H,4,8-13,15H2,1-3H3,(H2,23,24,25);1H. The molecule has 1 aromatic carbocycles. The van der Waals surface area contributed by atoms with Gasteiger partial charge in [-0.3, -0.25) is 4.99 Å². The van der Waals surface area contributed by atoms with E-state index in [0.29, 0.717) is 12.1 Å². The van der Waals surface area contributed by atoms with Crippen LogP contribution in [0.3, 0.4) is 0 Å². The predicted molar refractivity (Wildman–Crippen MR) is 122 cm³/mol. The Bertz CT molecular complexity index is 622. The van der Waals surface area contributed by atoms with Crippen LogP contribution in [0.4, 0.5) is 4.39 Å². The molecule has 27 heavy (non-hydrogen) atoms. The van der Waals surface area contributed by atoms with E-state index in [1.54, 1.807) is 12.1 Å². The van der Waals surface area contributed by atoms with E-state index in [1.807, 2.05) is 6.07 Å². The van der Waals surface area contributed by atoms with E-state index in [1.165, 1.54) is 6.07 Å². The minimum absolute atomic E-state index is 0. The Morgan fingerprint density at radius 2 is 2.00 bits per heavy atom. The van der Waals surface area contributed by atoms with Gasteiger partial charge in [0.15, 0.2) is 5.96 Å². The molecule has 4 nitrogen and oxygen atoms in total. The average molecular weight is 488 g/mol. The molecule has 0 bridgehead atoms. The average Bonchev–Trinajstić information content (AvgIpc) is 3.42. The van der Waals surface area contributed by atoms with Gasteiger partial charge in [0.2, 0.25) is 0 Å². The maximum Gasteiger partial charge on any atom is 0.191 e. The lowest BCUT2D eigenvalue weighted by molar-refractivity contribution is 0.167. The first kappa shape index (κ1) is 22.4. The monoisotopic (exact) mass is 488 g/mol. The number of hydrogen-bond acceptors (Lipinski definition) is 2. The van der Waals surface area contributed by atoms with Gasteiger partial charge in [0.25, 0.3) is 0 Å². The largest absolute Gasteiger partial charge is 0.357 e. The topological polar surface area (TPSA) is 39.7 Å². The third kappa shape index (κ3) is 6.04. The normalized spacial score (nSPS) is 20.3. The molecule has 1 aliphatic heterocycles. The van der Waals surface area contributed by atoms with Crippen LogP contribution < -0.4 is 10.6 Å². The number of hydrogen-bond donors (Lipinski definition) is 2.